The zero-order valence-corrected chi connectivity index (χ0v) is 11.4. The molecule has 1 heterocycles. The Morgan fingerprint density at radius 2 is 1.89 bits per heavy atom. The van der Waals surface area contributed by atoms with Crippen LogP contribution in [0.5, 0.6) is 0 Å². The van der Waals surface area contributed by atoms with Crippen LogP contribution < -0.4 is 5.32 Å². The van der Waals surface area contributed by atoms with E-state index in [2.05, 4.69) is 5.32 Å². The third-order valence-electron chi connectivity index (χ3n) is 3.37. The number of carboxylic acid groups (broad SMARTS) is 1. The predicted octanol–water partition coefficient (Wildman–Crippen LogP) is 2.18. The van der Waals surface area contributed by atoms with Crippen LogP contribution in [0.15, 0.2) is 16.5 Å². The molecule has 0 amide bonds. The van der Waals surface area contributed by atoms with Crippen molar-refractivity contribution in [2.24, 2.45) is 0 Å². The normalized spacial score (nSPS) is 14.6. The van der Waals surface area contributed by atoms with Crippen molar-refractivity contribution < 1.29 is 19.4 Å². The van der Waals surface area contributed by atoms with Gasteiger partial charge in [-0.1, -0.05) is 0 Å². The van der Waals surface area contributed by atoms with Gasteiger partial charge >= 0.3 is 5.97 Å². The molecule has 0 saturated carbocycles. The number of rotatable bonds is 5. The molecule has 0 aromatic carbocycles. The first-order valence-corrected chi connectivity index (χ1v) is 5.87. The standard InChI is InChI=1S/C13H21NO4/c1-8(14-12(2,3)13(4,5)17)9-6-7-10(18-9)11(15)16/h6-8,14,17H,1-5H3,(H,15,16). The van der Waals surface area contributed by atoms with Crippen molar-refractivity contribution in [3.63, 3.8) is 0 Å². The minimum Gasteiger partial charge on any atom is -0.475 e. The molecule has 1 aromatic heterocycles. The summed E-state index contributed by atoms with van der Waals surface area (Å²) >= 11 is 0. The summed E-state index contributed by atoms with van der Waals surface area (Å²) in [7, 11) is 0. The molecule has 0 fully saturated rings. The summed E-state index contributed by atoms with van der Waals surface area (Å²) in [4.78, 5) is 10.7. The van der Waals surface area contributed by atoms with E-state index in [1.165, 1.54) is 6.07 Å². The molecule has 5 heteroatoms. The van der Waals surface area contributed by atoms with Gasteiger partial charge in [-0.25, -0.2) is 4.79 Å². The van der Waals surface area contributed by atoms with Crippen LogP contribution in [0.2, 0.25) is 0 Å². The van der Waals surface area contributed by atoms with Gasteiger partial charge in [0.15, 0.2) is 0 Å². The molecular formula is C13H21NO4. The largest absolute Gasteiger partial charge is 0.475 e. The minimum absolute atomic E-state index is 0.0836. The average molecular weight is 255 g/mol. The van der Waals surface area contributed by atoms with Gasteiger partial charge in [-0.15, -0.1) is 0 Å². The topological polar surface area (TPSA) is 82.7 Å². The number of hydrogen-bond acceptors (Lipinski definition) is 4. The van der Waals surface area contributed by atoms with Crippen LogP contribution in [0.25, 0.3) is 0 Å². The van der Waals surface area contributed by atoms with E-state index < -0.39 is 17.1 Å². The maximum atomic E-state index is 10.7. The summed E-state index contributed by atoms with van der Waals surface area (Å²) in [5.41, 5.74) is -1.45. The van der Waals surface area contributed by atoms with E-state index in [9.17, 15) is 9.90 Å². The fraction of sp³-hybridized carbons (Fsp3) is 0.615. The molecular weight excluding hydrogens is 234 g/mol. The van der Waals surface area contributed by atoms with Crippen LogP contribution in [-0.4, -0.2) is 27.3 Å². The predicted molar refractivity (Wildman–Crippen MR) is 67.6 cm³/mol. The molecule has 0 bridgehead atoms. The molecule has 0 saturated heterocycles. The Balaban J connectivity index is 2.82. The average Bonchev–Trinajstić information content (AvgIpc) is 2.63. The SMILES string of the molecule is CC(NC(C)(C)C(C)(C)O)c1ccc(C(=O)O)o1. The van der Waals surface area contributed by atoms with E-state index in [4.69, 9.17) is 9.52 Å². The van der Waals surface area contributed by atoms with Gasteiger partial charge in [0, 0.05) is 5.54 Å². The van der Waals surface area contributed by atoms with Gasteiger partial charge < -0.3 is 14.6 Å². The monoisotopic (exact) mass is 255 g/mol. The molecule has 0 aliphatic heterocycles. The first-order chi connectivity index (χ1) is 8.04. The molecule has 1 unspecified atom stereocenters. The van der Waals surface area contributed by atoms with Gasteiger partial charge in [0.2, 0.25) is 5.76 Å². The van der Waals surface area contributed by atoms with Crippen molar-refractivity contribution in [1.82, 2.24) is 5.32 Å². The van der Waals surface area contributed by atoms with Gasteiger partial charge in [0.25, 0.3) is 0 Å². The summed E-state index contributed by atoms with van der Waals surface area (Å²) in [5.74, 6) is -0.639. The van der Waals surface area contributed by atoms with Gasteiger partial charge in [-0.2, -0.15) is 0 Å². The second kappa shape index (κ2) is 4.74. The van der Waals surface area contributed by atoms with Crippen LogP contribution >= 0.6 is 0 Å². The van der Waals surface area contributed by atoms with E-state index in [1.54, 1.807) is 19.9 Å². The Bertz CT molecular complexity index is 428. The number of furan rings is 1. The Labute approximate surface area is 107 Å². The van der Waals surface area contributed by atoms with Crippen LogP contribution in [0.3, 0.4) is 0 Å². The number of carboxylic acids is 1. The van der Waals surface area contributed by atoms with Gasteiger partial charge in [-0.3, -0.25) is 5.32 Å². The van der Waals surface area contributed by atoms with E-state index in [0.29, 0.717) is 5.76 Å². The summed E-state index contributed by atoms with van der Waals surface area (Å²) in [5, 5.41) is 22.1. The Hall–Kier alpha value is -1.33. The molecule has 0 aliphatic carbocycles. The molecule has 0 aliphatic rings. The van der Waals surface area contributed by atoms with Crippen LogP contribution in [0.1, 0.15) is 57.0 Å². The lowest BCUT2D eigenvalue weighted by molar-refractivity contribution is -0.0104. The van der Waals surface area contributed by atoms with Crippen molar-refractivity contribution in [2.45, 2.75) is 51.8 Å². The van der Waals surface area contributed by atoms with Crippen molar-refractivity contribution in [3.8, 4) is 0 Å². The van der Waals surface area contributed by atoms with Crippen molar-refractivity contribution >= 4 is 5.97 Å². The Kier molecular flexibility index (Phi) is 3.88. The third-order valence-corrected chi connectivity index (χ3v) is 3.37. The van der Waals surface area contributed by atoms with E-state index in [1.807, 2.05) is 20.8 Å². The molecule has 1 aromatic rings. The maximum Gasteiger partial charge on any atom is 0.371 e. The minimum atomic E-state index is -1.09. The molecule has 1 rings (SSSR count). The fourth-order valence-corrected chi connectivity index (χ4v) is 1.49. The van der Waals surface area contributed by atoms with Crippen molar-refractivity contribution in [1.29, 1.82) is 0 Å². The number of aliphatic hydroxyl groups is 1. The van der Waals surface area contributed by atoms with E-state index in [-0.39, 0.29) is 11.8 Å². The number of hydrogen-bond donors (Lipinski definition) is 3. The highest BCUT2D eigenvalue weighted by molar-refractivity contribution is 5.84. The molecule has 102 valence electrons. The van der Waals surface area contributed by atoms with Gasteiger partial charge in [0.1, 0.15) is 5.76 Å². The number of aromatic carboxylic acids is 1. The lowest BCUT2D eigenvalue weighted by atomic mass is 9.85. The highest BCUT2D eigenvalue weighted by atomic mass is 16.4. The molecule has 0 radical (unpaired) electrons. The quantitative estimate of drug-likeness (QED) is 0.751. The van der Waals surface area contributed by atoms with Crippen molar-refractivity contribution in [2.75, 3.05) is 0 Å². The second-order valence-corrected chi connectivity index (χ2v) is 5.56. The lowest BCUT2D eigenvalue weighted by Gasteiger charge is -2.40. The third kappa shape index (κ3) is 3.11. The first-order valence-electron chi connectivity index (χ1n) is 5.87. The highest BCUT2D eigenvalue weighted by Crippen LogP contribution is 2.26. The maximum absolute atomic E-state index is 10.7. The lowest BCUT2D eigenvalue weighted by Crippen LogP contribution is -2.56. The molecule has 0 spiro atoms. The van der Waals surface area contributed by atoms with E-state index in [0.717, 1.165) is 0 Å². The summed E-state index contributed by atoms with van der Waals surface area (Å²) in [6.45, 7) is 9.06. The van der Waals surface area contributed by atoms with Crippen LogP contribution in [-0.2, 0) is 0 Å². The van der Waals surface area contributed by atoms with Crippen LogP contribution in [0.4, 0.5) is 0 Å². The number of carbonyl (C=O) groups is 1. The zero-order chi connectivity index (χ0) is 14.1. The first kappa shape index (κ1) is 14.7. The van der Waals surface area contributed by atoms with Crippen LogP contribution in [0, 0.1) is 0 Å². The fourth-order valence-electron chi connectivity index (χ4n) is 1.49. The van der Waals surface area contributed by atoms with E-state index >= 15 is 0 Å². The molecule has 3 N–H and O–H groups in total. The molecule has 5 nitrogen and oxygen atoms in total. The van der Waals surface area contributed by atoms with Crippen molar-refractivity contribution in [3.05, 3.63) is 23.7 Å². The molecule has 18 heavy (non-hydrogen) atoms. The number of nitrogens with one attached hydrogen (secondary N) is 1. The second-order valence-electron chi connectivity index (χ2n) is 5.56. The zero-order valence-electron chi connectivity index (χ0n) is 11.4. The Morgan fingerprint density at radius 1 is 1.33 bits per heavy atom. The Morgan fingerprint density at radius 3 is 2.28 bits per heavy atom. The molecule has 1 atom stereocenters. The summed E-state index contributed by atoms with van der Waals surface area (Å²) < 4.78 is 5.22. The summed E-state index contributed by atoms with van der Waals surface area (Å²) in [6, 6.07) is 2.86. The van der Waals surface area contributed by atoms with Gasteiger partial charge in [0.05, 0.1) is 11.6 Å². The van der Waals surface area contributed by atoms with Gasteiger partial charge in [-0.05, 0) is 46.8 Å². The highest BCUT2D eigenvalue weighted by Gasteiger charge is 2.36. The smallest absolute Gasteiger partial charge is 0.371 e. The summed E-state index contributed by atoms with van der Waals surface area (Å²) in [6.07, 6.45) is 0.